The molecule has 0 atom stereocenters. The van der Waals surface area contributed by atoms with Crippen molar-refractivity contribution in [3.05, 3.63) is 58.6 Å². The number of ether oxygens (including phenoxy) is 1. The zero-order chi connectivity index (χ0) is 17.8. The highest BCUT2D eigenvalue weighted by atomic mass is 32.1. The van der Waals surface area contributed by atoms with E-state index in [-0.39, 0.29) is 0 Å². The molecule has 0 aliphatic carbocycles. The third kappa shape index (κ3) is 4.41. The molecule has 0 amide bonds. The van der Waals surface area contributed by atoms with E-state index in [1.54, 1.807) is 11.3 Å². The van der Waals surface area contributed by atoms with Crippen molar-refractivity contribution in [3.63, 3.8) is 0 Å². The van der Waals surface area contributed by atoms with E-state index in [0.29, 0.717) is 6.61 Å². The van der Waals surface area contributed by atoms with Gasteiger partial charge in [0.05, 0.1) is 21.8 Å². The minimum atomic E-state index is 0.686. The normalized spacial score (nSPS) is 15.4. The van der Waals surface area contributed by atoms with Crippen molar-refractivity contribution in [1.29, 1.82) is 0 Å². The molecular formula is C21H25N3OS. The topological polar surface area (TPSA) is 37.4 Å². The molecule has 0 saturated carbocycles. The molecule has 4 nitrogen and oxygen atoms in total. The fourth-order valence-electron chi connectivity index (χ4n) is 3.34. The van der Waals surface area contributed by atoms with Gasteiger partial charge in [0.2, 0.25) is 0 Å². The van der Waals surface area contributed by atoms with Crippen molar-refractivity contribution < 1.29 is 4.74 Å². The van der Waals surface area contributed by atoms with Gasteiger partial charge in [0.1, 0.15) is 5.75 Å². The Bertz CT molecular complexity index is 853. The summed E-state index contributed by atoms with van der Waals surface area (Å²) in [5.74, 6) is 0.901. The number of aryl methyl sites for hydroxylation is 1. The van der Waals surface area contributed by atoms with Crippen molar-refractivity contribution in [2.45, 2.75) is 19.9 Å². The quantitative estimate of drug-likeness (QED) is 0.722. The fourth-order valence-corrected chi connectivity index (χ4v) is 4.15. The number of hydrogen-bond donors (Lipinski definition) is 1. The summed E-state index contributed by atoms with van der Waals surface area (Å²) in [6.45, 7) is 8.24. The number of rotatable bonds is 6. The molecule has 136 valence electrons. The molecule has 1 fully saturated rings. The summed E-state index contributed by atoms with van der Waals surface area (Å²) in [6, 6.07) is 15.1. The molecule has 1 aliphatic rings. The van der Waals surface area contributed by atoms with Crippen LogP contribution < -0.4 is 10.1 Å². The Labute approximate surface area is 158 Å². The summed E-state index contributed by atoms with van der Waals surface area (Å²) in [4.78, 5) is 7.03. The van der Waals surface area contributed by atoms with Crippen LogP contribution in [0.4, 0.5) is 0 Å². The lowest BCUT2D eigenvalue weighted by molar-refractivity contribution is 0.233. The lowest BCUT2D eigenvalue weighted by Crippen LogP contribution is -2.42. The molecular weight excluding hydrogens is 342 g/mol. The Hall–Kier alpha value is -1.95. The molecule has 2 heterocycles. The number of thiazole rings is 1. The van der Waals surface area contributed by atoms with Crippen LogP contribution in [0.1, 0.15) is 16.1 Å². The standard InChI is InChI=1S/C21H25N3OS/c1-16-23-20-14-19(6-7-21(20)26-16)25-13-8-17-2-4-18(5-3-17)15-24-11-9-22-10-12-24/h2-7,14,22H,8-13,15H2,1H3. The van der Waals surface area contributed by atoms with Crippen LogP contribution in [-0.4, -0.2) is 42.7 Å². The van der Waals surface area contributed by atoms with Gasteiger partial charge in [0.15, 0.2) is 0 Å². The number of aromatic nitrogens is 1. The van der Waals surface area contributed by atoms with Crippen LogP contribution in [0.3, 0.4) is 0 Å². The lowest BCUT2D eigenvalue weighted by Gasteiger charge is -2.27. The summed E-state index contributed by atoms with van der Waals surface area (Å²) >= 11 is 1.72. The molecule has 2 aromatic carbocycles. The Morgan fingerprint density at radius 3 is 2.65 bits per heavy atom. The first-order valence-corrected chi connectivity index (χ1v) is 10.1. The molecule has 3 aromatic rings. The smallest absolute Gasteiger partial charge is 0.121 e. The van der Waals surface area contributed by atoms with Crippen LogP contribution in [0.5, 0.6) is 5.75 Å². The molecule has 0 radical (unpaired) electrons. The van der Waals surface area contributed by atoms with E-state index >= 15 is 0 Å². The molecule has 0 unspecified atom stereocenters. The minimum absolute atomic E-state index is 0.686. The first-order chi connectivity index (χ1) is 12.8. The zero-order valence-electron chi connectivity index (χ0n) is 15.2. The number of nitrogens with one attached hydrogen (secondary N) is 1. The van der Waals surface area contributed by atoms with Crippen LogP contribution in [0.15, 0.2) is 42.5 Å². The van der Waals surface area contributed by atoms with Gasteiger partial charge in [-0.05, 0) is 30.2 Å². The fraction of sp³-hybridized carbons (Fsp3) is 0.381. The van der Waals surface area contributed by atoms with Crippen LogP contribution in [-0.2, 0) is 13.0 Å². The number of hydrogen-bond acceptors (Lipinski definition) is 5. The van der Waals surface area contributed by atoms with Crippen molar-refractivity contribution in [1.82, 2.24) is 15.2 Å². The van der Waals surface area contributed by atoms with E-state index in [4.69, 9.17) is 4.74 Å². The van der Waals surface area contributed by atoms with Gasteiger partial charge >= 0.3 is 0 Å². The van der Waals surface area contributed by atoms with Gasteiger partial charge < -0.3 is 10.1 Å². The van der Waals surface area contributed by atoms with Crippen molar-refractivity contribution in [2.24, 2.45) is 0 Å². The van der Waals surface area contributed by atoms with Gasteiger partial charge in [-0.15, -0.1) is 11.3 Å². The highest BCUT2D eigenvalue weighted by Gasteiger charge is 2.09. The van der Waals surface area contributed by atoms with Crippen molar-refractivity contribution >= 4 is 21.6 Å². The first kappa shape index (κ1) is 17.5. The molecule has 1 aromatic heterocycles. The Kier molecular flexibility index (Phi) is 5.48. The molecule has 1 aliphatic heterocycles. The van der Waals surface area contributed by atoms with E-state index in [1.807, 2.05) is 19.1 Å². The molecule has 1 N–H and O–H groups in total. The third-order valence-electron chi connectivity index (χ3n) is 4.76. The van der Waals surface area contributed by atoms with E-state index in [9.17, 15) is 0 Å². The van der Waals surface area contributed by atoms with Gasteiger partial charge in [-0.2, -0.15) is 0 Å². The number of nitrogens with zero attached hydrogens (tertiary/aromatic N) is 2. The van der Waals surface area contributed by atoms with E-state index < -0.39 is 0 Å². The van der Waals surface area contributed by atoms with Crippen LogP contribution >= 0.6 is 11.3 Å². The van der Waals surface area contributed by atoms with Crippen molar-refractivity contribution in [3.8, 4) is 5.75 Å². The second-order valence-electron chi connectivity index (χ2n) is 6.80. The Morgan fingerprint density at radius 2 is 1.85 bits per heavy atom. The number of piperazine rings is 1. The summed E-state index contributed by atoms with van der Waals surface area (Å²) in [7, 11) is 0. The Balaban J connectivity index is 1.28. The monoisotopic (exact) mass is 367 g/mol. The maximum absolute atomic E-state index is 5.93. The summed E-state index contributed by atoms with van der Waals surface area (Å²) < 4.78 is 7.15. The van der Waals surface area contributed by atoms with Gasteiger partial charge in [0.25, 0.3) is 0 Å². The zero-order valence-corrected chi connectivity index (χ0v) is 16.0. The number of fused-ring (bicyclic) bond motifs is 1. The van der Waals surface area contributed by atoms with Crippen LogP contribution in [0, 0.1) is 6.92 Å². The highest BCUT2D eigenvalue weighted by molar-refractivity contribution is 7.18. The molecule has 26 heavy (non-hydrogen) atoms. The van der Waals surface area contributed by atoms with Crippen molar-refractivity contribution in [2.75, 3.05) is 32.8 Å². The summed E-state index contributed by atoms with van der Waals surface area (Å²) in [5.41, 5.74) is 3.74. The average Bonchev–Trinajstić information content (AvgIpc) is 3.03. The predicted octanol–water partition coefficient (Wildman–Crippen LogP) is 3.63. The molecule has 5 heteroatoms. The minimum Gasteiger partial charge on any atom is -0.493 e. The van der Waals surface area contributed by atoms with E-state index in [2.05, 4.69) is 45.5 Å². The van der Waals surface area contributed by atoms with Gasteiger partial charge in [-0.25, -0.2) is 4.98 Å². The van der Waals surface area contributed by atoms with Gasteiger partial charge in [0, 0.05) is 45.2 Å². The Morgan fingerprint density at radius 1 is 1.08 bits per heavy atom. The van der Waals surface area contributed by atoms with E-state index in [0.717, 1.165) is 55.4 Å². The predicted molar refractivity (Wildman–Crippen MR) is 108 cm³/mol. The van der Waals surface area contributed by atoms with E-state index in [1.165, 1.54) is 15.8 Å². The second kappa shape index (κ2) is 8.16. The van der Waals surface area contributed by atoms with Gasteiger partial charge in [-0.3, -0.25) is 4.90 Å². The average molecular weight is 368 g/mol. The van der Waals surface area contributed by atoms with Gasteiger partial charge in [-0.1, -0.05) is 24.3 Å². The largest absolute Gasteiger partial charge is 0.493 e. The van der Waals surface area contributed by atoms with Crippen LogP contribution in [0.2, 0.25) is 0 Å². The molecule has 0 bridgehead atoms. The molecule has 4 rings (SSSR count). The number of benzene rings is 2. The second-order valence-corrected chi connectivity index (χ2v) is 8.04. The SMILES string of the molecule is Cc1nc2cc(OCCc3ccc(CN4CCNCC4)cc3)ccc2s1. The first-order valence-electron chi connectivity index (χ1n) is 9.27. The summed E-state index contributed by atoms with van der Waals surface area (Å²) in [6.07, 6.45) is 0.919. The highest BCUT2D eigenvalue weighted by Crippen LogP contribution is 2.25. The lowest BCUT2D eigenvalue weighted by atomic mass is 10.1. The van der Waals surface area contributed by atoms with Crippen LogP contribution in [0.25, 0.3) is 10.2 Å². The summed E-state index contributed by atoms with van der Waals surface area (Å²) in [5, 5.41) is 4.49. The maximum atomic E-state index is 5.93. The molecule has 0 spiro atoms. The maximum Gasteiger partial charge on any atom is 0.121 e. The third-order valence-corrected chi connectivity index (χ3v) is 5.72. The molecule has 1 saturated heterocycles.